The molecule has 2 N–H and O–H groups in total. The Morgan fingerprint density at radius 3 is 2.50 bits per heavy atom. The molecule has 0 spiro atoms. The van der Waals surface area contributed by atoms with Crippen LogP contribution in [-0.4, -0.2) is 33.7 Å². The second-order valence-corrected chi connectivity index (χ2v) is 5.17. The van der Waals surface area contributed by atoms with Crippen molar-refractivity contribution in [1.29, 1.82) is 0 Å². The minimum atomic E-state index is -0.0556. The first-order valence-electron chi connectivity index (χ1n) is 6.66. The molecule has 100 valence electrons. The second kappa shape index (κ2) is 5.42. The maximum atomic E-state index is 12.4. The molecule has 0 unspecified atom stereocenters. The molecule has 1 aromatic rings. The van der Waals surface area contributed by atoms with E-state index >= 15 is 0 Å². The van der Waals surface area contributed by atoms with E-state index in [1.165, 1.54) is 25.7 Å². The fourth-order valence-corrected chi connectivity index (χ4v) is 2.65. The Morgan fingerprint density at radius 1 is 1.39 bits per heavy atom. The highest BCUT2D eigenvalue weighted by atomic mass is 16.2. The summed E-state index contributed by atoms with van der Waals surface area (Å²) in [6.07, 6.45) is 8.84. The van der Waals surface area contributed by atoms with Crippen LogP contribution in [-0.2, 0) is 7.05 Å². The third-order valence-electron chi connectivity index (χ3n) is 3.75. The number of anilines is 1. The van der Waals surface area contributed by atoms with Crippen LogP contribution in [0.25, 0.3) is 0 Å². The monoisotopic (exact) mass is 250 g/mol. The molecule has 1 aliphatic rings. The third kappa shape index (κ3) is 2.66. The summed E-state index contributed by atoms with van der Waals surface area (Å²) in [6.45, 7) is 0. The van der Waals surface area contributed by atoms with Gasteiger partial charge >= 0.3 is 0 Å². The largest absolute Gasteiger partial charge is 0.396 e. The zero-order valence-corrected chi connectivity index (χ0v) is 11.2. The Labute approximate surface area is 108 Å². The quantitative estimate of drug-likeness (QED) is 0.814. The van der Waals surface area contributed by atoms with Crippen LogP contribution in [0, 0.1) is 0 Å². The van der Waals surface area contributed by atoms with Gasteiger partial charge in [0.2, 0.25) is 0 Å². The predicted octanol–water partition coefficient (Wildman–Crippen LogP) is 1.80. The predicted molar refractivity (Wildman–Crippen MR) is 71.2 cm³/mol. The molecule has 0 aromatic carbocycles. The molecule has 1 heterocycles. The van der Waals surface area contributed by atoms with E-state index in [9.17, 15) is 4.79 Å². The van der Waals surface area contributed by atoms with E-state index in [0.717, 1.165) is 12.8 Å². The average Bonchev–Trinajstić information content (AvgIpc) is 2.59. The van der Waals surface area contributed by atoms with Crippen LogP contribution in [0.5, 0.6) is 0 Å². The van der Waals surface area contributed by atoms with Crippen molar-refractivity contribution in [3.05, 3.63) is 11.9 Å². The third-order valence-corrected chi connectivity index (χ3v) is 3.75. The molecular weight excluding hydrogens is 228 g/mol. The lowest BCUT2D eigenvalue weighted by Gasteiger charge is -2.26. The Hall–Kier alpha value is -1.52. The zero-order chi connectivity index (χ0) is 13.1. The molecular formula is C13H22N4O. The van der Waals surface area contributed by atoms with Crippen LogP contribution in [0.3, 0.4) is 0 Å². The number of aromatic nitrogens is 2. The lowest BCUT2D eigenvalue weighted by Crippen LogP contribution is -2.37. The highest BCUT2D eigenvalue weighted by Gasteiger charge is 2.25. The standard InChI is InChI=1S/C13H22N4O/c1-16-9-11(14)12(15-16)13(18)17(2)10-7-5-3-4-6-8-10/h9-10H,3-8,14H2,1-2H3. The number of rotatable bonds is 2. The molecule has 0 saturated heterocycles. The molecule has 0 aliphatic heterocycles. The van der Waals surface area contributed by atoms with Crippen LogP contribution < -0.4 is 5.73 Å². The van der Waals surface area contributed by atoms with Crippen molar-refractivity contribution < 1.29 is 4.79 Å². The highest BCUT2D eigenvalue weighted by Crippen LogP contribution is 2.23. The van der Waals surface area contributed by atoms with E-state index in [1.54, 1.807) is 17.9 Å². The maximum absolute atomic E-state index is 12.4. The van der Waals surface area contributed by atoms with Crippen LogP contribution in [0.1, 0.15) is 49.0 Å². The lowest BCUT2D eigenvalue weighted by molar-refractivity contribution is 0.0712. The number of carbonyl (C=O) groups is 1. The van der Waals surface area contributed by atoms with Crippen LogP contribution in [0.15, 0.2) is 6.20 Å². The Bertz CT molecular complexity index is 419. The van der Waals surface area contributed by atoms with Crippen molar-refractivity contribution in [1.82, 2.24) is 14.7 Å². The molecule has 1 aromatic heterocycles. The summed E-state index contributed by atoms with van der Waals surface area (Å²) in [4.78, 5) is 14.2. The molecule has 2 rings (SSSR count). The van der Waals surface area contributed by atoms with Gasteiger partial charge in [-0.3, -0.25) is 9.48 Å². The van der Waals surface area contributed by atoms with E-state index in [4.69, 9.17) is 5.73 Å². The fourth-order valence-electron chi connectivity index (χ4n) is 2.65. The molecule has 1 amide bonds. The van der Waals surface area contributed by atoms with Crippen molar-refractivity contribution in [2.24, 2.45) is 7.05 Å². The highest BCUT2D eigenvalue weighted by molar-refractivity contribution is 5.97. The topological polar surface area (TPSA) is 64.2 Å². The summed E-state index contributed by atoms with van der Waals surface area (Å²) >= 11 is 0. The van der Waals surface area contributed by atoms with Gasteiger partial charge in [0.25, 0.3) is 5.91 Å². The Balaban J connectivity index is 2.10. The van der Waals surface area contributed by atoms with Gasteiger partial charge in [0.1, 0.15) is 0 Å². The van der Waals surface area contributed by atoms with Crippen LogP contribution in [0.2, 0.25) is 0 Å². The number of nitrogens with zero attached hydrogens (tertiary/aromatic N) is 3. The molecule has 1 fully saturated rings. The molecule has 5 heteroatoms. The number of hydrogen-bond donors (Lipinski definition) is 1. The van der Waals surface area contributed by atoms with Gasteiger partial charge in [0.05, 0.1) is 5.69 Å². The first-order chi connectivity index (χ1) is 8.59. The summed E-state index contributed by atoms with van der Waals surface area (Å²) < 4.78 is 1.59. The molecule has 1 saturated carbocycles. The molecule has 18 heavy (non-hydrogen) atoms. The van der Waals surface area contributed by atoms with Gasteiger partial charge in [0.15, 0.2) is 5.69 Å². The van der Waals surface area contributed by atoms with E-state index < -0.39 is 0 Å². The maximum Gasteiger partial charge on any atom is 0.276 e. The van der Waals surface area contributed by atoms with Crippen molar-refractivity contribution in [2.75, 3.05) is 12.8 Å². The molecule has 1 aliphatic carbocycles. The van der Waals surface area contributed by atoms with E-state index in [-0.39, 0.29) is 5.91 Å². The number of carbonyl (C=O) groups excluding carboxylic acids is 1. The van der Waals surface area contributed by atoms with E-state index in [1.807, 2.05) is 11.9 Å². The van der Waals surface area contributed by atoms with Gasteiger partial charge in [-0.1, -0.05) is 25.7 Å². The first-order valence-corrected chi connectivity index (χ1v) is 6.66. The second-order valence-electron chi connectivity index (χ2n) is 5.17. The van der Waals surface area contributed by atoms with Gasteiger partial charge in [0, 0.05) is 26.3 Å². The molecule has 0 radical (unpaired) electrons. The number of amides is 1. The zero-order valence-electron chi connectivity index (χ0n) is 11.2. The van der Waals surface area contributed by atoms with Gasteiger partial charge in [-0.05, 0) is 12.8 Å². The smallest absolute Gasteiger partial charge is 0.276 e. The summed E-state index contributed by atoms with van der Waals surface area (Å²) in [5, 5.41) is 4.15. The summed E-state index contributed by atoms with van der Waals surface area (Å²) in [7, 11) is 3.64. The van der Waals surface area contributed by atoms with Crippen molar-refractivity contribution in [3.8, 4) is 0 Å². The Morgan fingerprint density at radius 2 is 2.00 bits per heavy atom. The Kier molecular flexibility index (Phi) is 3.89. The molecule has 5 nitrogen and oxygen atoms in total. The first kappa shape index (κ1) is 12.9. The van der Waals surface area contributed by atoms with Gasteiger partial charge in [-0.25, -0.2) is 0 Å². The normalized spacial score (nSPS) is 17.4. The molecule has 0 atom stereocenters. The minimum Gasteiger partial charge on any atom is -0.396 e. The van der Waals surface area contributed by atoms with Gasteiger partial charge in [-0.2, -0.15) is 5.10 Å². The van der Waals surface area contributed by atoms with Crippen molar-refractivity contribution in [3.63, 3.8) is 0 Å². The van der Waals surface area contributed by atoms with E-state index in [2.05, 4.69) is 5.10 Å². The van der Waals surface area contributed by atoms with Crippen LogP contribution >= 0.6 is 0 Å². The van der Waals surface area contributed by atoms with Crippen molar-refractivity contribution >= 4 is 11.6 Å². The van der Waals surface area contributed by atoms with Gasteiger partial charge < -0.3 is 10.6 Å². The number of nitrogen functional groups attached to an aromatic ring is 1. The minimum absolute atomic E-state index is 0.0556. The summed E-state index contributed by atoms with van der Waals surface area (Å²) in [6, 6.07) is 0.335. The van der Waals surface area contributed by atoms with Crippen LogP contribution in [0.4, 0.5) is 5.69 Å². The van der Waals surface area contributed by atoms with E-state index in [0.29, 0.717) is 17.4 Å². The SMILES string of the molecule is CN(C(=O)c1nn(C)cc1N)C1CCCCCC1. The molecule has 0 bridgehead atoms. The lowest BCUT2D eigenvalue weighted by atomic mass is 10.1. The summed E-state index contributed by atoms with van der Waals surface area (Å²) in [5.41, 5.74) is 6.65. The number of nitrogens with two attached hydrogens (primary N) is 1. The fraction of sp³-hybridized carbons (Fsp3) is 0.692. The number of aryl methyl sites for hydroxylation is 1. The average molecular weight is 250 g/mol. The summed E-state index contributed by atoms with van der Waals surface area (Å²) in [5.74, 6) is -0.0556. The van der Waals surface area contributed by atoms with Gasteiger partial charge in [-0.15, -0.1) is 0 Å². The number of hydrogen-bond acceptors (Lipinski definition) is 3. The van der Waals surface area contributed by atoms with Crippen molar-refractivity contribution in [2.45, 2.75) is 44.6 Å².